The summed E-state index contributed by atoms with van der Waals surface area (Å²) in [6.45, 7) is 3.18. The lowest BCUT2D eigenvalue weighted by Gasteiger charge is -2.03. The first-order valence-electron chi connectivity index (χ1n) is 10.7. The Hall–Kier alpha value is -3.91. The molecule has 5 aromatic rings. The Morgan fingerprint density at radius 3 is 1.84 bits per heavy atom. The number of para-hydroxylation sites is 1. The van der Waals surface area contributed by atoms with Gasteiger partial charge in [0.2, 0.25) is 0 Å². The van der Waals surface area contributed by atoms with Crippen LogP contribution in [0.5, 0.6) is 0 Å². The Morgan fingerprint density at radius 2 is 1.16 bits per heavy atom. The van der Waals surface area contributed by atoms with E-state index in [0.29, 0.717) is 0 Å². The fourth-order valence-corrected chi connectivity index (χ4v) is 4.09. The zero-order valence-corrected chi connectivity index (χ0v) is 17.6. The molecule has 0 atom stereocenters. The minimum absolute atomic E-state index is 0.973. The molecular formula is C29H24N2. The molecule has 150 valence electrons. The van der Waals surface area contributed by atoms with Crippen molar-refractivity contribution in [3.05, 3.63) is 114 Å². The summed E-state index contributed by atoms with van der Waals surface area (Å²) in [6, 6.07) is 28.0. The van der Waals surface area contributed by atoms with Gasteiger partial charge in [-0.3, -0.25) is 4.98 Å². The molecule has 3 aromatic carbocycles. The van der Waals surface area contributed by atoms with E-state index in [4.69, 9.17) is 0 Å². The van der Waals surface area contributed by atoms with Crippen LogP contribution in [0.3, 0.4) is 0 Å². The Labute approximate surface area is 182 Å². The Bertz CT molecular complexity index is 1390. The highest BCUT2D eigenvalue weighted by Crippen LogP contribution is 2.30. The lowest BCUT2D eigenvalue weighted by molar-refractivity contribution is 0.827. The van der Waals surface area contributed by atoms with Crippen LogP contribution in [0.25, 0.3) is 46.1 Å². The van der Waals surface area contributed by atoms with Gasteiger partial charge in [-0.15, -0.1) is 0 Å². The predicted octanol–water partition coefficient (Wildman–Crippen LogP) is 7.55. The number of nitrogens with zero attached hydrogens (tertiary/aromatic N) is 2. The van der Waals surface area contributed by atoms with Gasteiger partial charge in [-0.25, -0.2) is 0 Å². The van der Waals surface area contributed by atoms with E-state index in [9.17, 15) is 0 Å². The number of aryl methyl sites for hydroxylation is 1. The summed E-state index contributed by atoms with van der Waals surface area (Å²) in [5.41, 5.74) is 7.34. The van der Waals surface area contributed by atoms with Crippen LogP contribution in [0.4, 0.5) is 0 Å². The van der Waals surface area contributed by atoms with E-state index in [-0.39, 0.29) is 0 Å². The highest BCUT2D eigenvalue weighted by molar-refractivity contribution is 6.08. The van der Waals surface area contributed by atoms with Crippen LogP contribution in [0.2, 0.25) is 0 Å². The summed E-state index contributed by atoms with van der Waals surface area (Å²) in [5, 5.41) is 2.64. The summed E-state index contributed by atoms with van der Waals surface area (Å²) < 4.78 is 2.39. The van der Waals surface area contributed by atoms with Crippen molar-refractivity contribution in [3.63, 3.8) is 0 Å². The number of aromatic nitrogens is 2. The van der Waals surface area contributed by atoms with Crippen molar-refractivity contribution < 1.29 is 0 Å². The molecular weight excluding hydrogens is 376 g/mol. The fourth-order valence-electron chi connectivity index (χ4n) is 4.09. The first-order valence-corrected chi connectivity index (χ1v) is 10.7. The second-order valence-corrected chi connectivity index (χ2v) is 7.65. The molecule has 0 aliphatic heterocycles. The van der Waals surface area contributed by atoms with Crippen LogP contribution in [0, 0.1) is 0 Å². The van der Waals surface area contributed by atoms with Crippen molar-refractivity contribution in [3.8, 4) is 0 Å². The van der Waals surface area contributed by atoms with E-state index in [0.717, 1.165) is 12.1 Å². The summed E-state index contributed by atoms with van der Waals surface area (Å²) in [4.78, 5) is 4.05. The average Bonchev–Trinajstić information content (AvgIpc) is 3.16. The average molecular weight is 401 g/mol. The molecule has 0 saturated heterocycles. The van der Waals surface area contributed by atoms with Gasteiger partial charge in [-0.2, -0.15) is 0 Å². The van der Waals surface area contributed by atoms with Crippen LogP contribution >= 0.6 is 0 Å². The van der Waals surface area contributed by atoms with Crippen molar-refractivity contribution in [2.24, 2.45) is 0 Å². The zero-order chi connectivity index (χ0) is 21.0. The second kappa shape index (κ2) is 8.45. The van der Waals surface area contributed by atoms with Crippen LogP contribution in [-0.4, -0.2) is 9.55 Å². The van der Waals surface area contributed by atoms with Crippen LogP contribution in [0.15, 0.2) is 91.3 Å². The SMILES string of the molecule is CCn1c2ccccc2c2cc(/C=C/c3ccc(/C=C/c4ccncc4)cc3)ccc21. The summed E-state index contributed by atoms with van der Waals surface area (Å²) in [7, 11) is 0. The fraction of sp³-hybridized carbons (Fsp3) is 0.0690. The number of hydrogen-bond donors (Lipinski definition) is 0. The number of hydrogen-bond acceptors (Lipinski definition) is 1. The minimum atomic E-state index is 0.973. The van der Waals surface area contributed by atoms with Crippen molar-refractivity contribution >= 4 is 46.1 Å². The van der Waals surface area contributed by atoms with Crippen molar-refractivity contribution in [2.45, 2.75) is 13.5 Å². The molecule has 0 aliphatic rings. The van der Waals surface area contributed by atoms with Gasteiger partial charge in [-0.05, 0) is 59.5 Å². The third kappa shape index (κ3) is 3.93. The van der Waals surface area contributed by atoms with Gasteiger partial charge < -0.3 is 4.57 Å². The first kappa shape index (κ1) is 19.1. The van der Waals surface area contributed by atoms with Gasteiger partial charge in [0, 0.05) is 40.7 Å². The summed E-state index contributed by atoms with van der Waals surface area (Å²) >= 11 is 0. The molecule has 2 heterocycles. The molecule has 2 heteroatoms. The molecule has 31 heavy (non-hydrogen) atoms. The highest BCUT2D eigenvalue weighted by Gasteiger charge is 2.08. The van der Waals surface area contributed by atoms with E-state index < -0.39 is 0 Å². The third-order valence-corrected chi connectivity index (χ3v) is 5.69. The standard InChI is InChI=1S/C29H24N2/c1-2-31-28-6-4-3-5-26(28)27-21-25(15-16-29(27)31)14-13-23-9-7-22(8-10-23)11-12-24-17-19-30-20-18-24/h3-21H,2H2,1H3/b12-11+,14-13+. The maximum Gasteiger partial charge on any atom is 0.0491 e. The predicted molar refractivity (Wildman–Crippen MR) is 134 cm³/mol. The quantitative estimate of drug-likeness (QED) is 0.278. The molecule has 0 saturated carbocycles. The number of rotatable bonds is 5. The van der Waals surface area contributed by atoms with Crippen molar-refractivity contribution in [2.75, 3.05) is 0 Å². The summed E-state index contributed by atoms with van der Waals surface area (Å²) in [6.07, 6.45) is 12.2. The van der Waals surface area contributed by atoms with Crippen molar-refractivity contribution in [1.82, 2.24) is 9.55 Å². The normalized spacial score (nSPS) is 11.9. The molecule has 5 rings (SSSR count). The van der Waals surface area contributed by atoms with Gasteiger partial charge in [0.25, 0.3) is 0 Å². The Kier molecular flexibility index (Phi) is 5.20. The largest absolute Gasteiger partial charge is 0.341 e. The number of pyridine rings is 1. The smallest absolute Gasteiger partial charge is 0.0491 e. The van der Waals surface area contributed by atoms with Gasteiger partial charge in [-0.1, -0.05) is 72.8 Å². The highest BCUT2D eigenvalue weighted by atomic mass is 15.0. The van der Waals surface area contributed by atoms with Gasteiger partial charge in [0.05, 0.1) is 0 Å². The maximum absolute atomic E-state index is 4.05. The number of benzene rings is 3. The molecule has 0 radical (unpaired) electrons. The molecule has 0 amide bonds. The van der Waals surface area contributed by atoms with E-state index in [1.165, 1.54) is 38.5 Å². The minimum Gasteiger partial charge on any atom is -0.341 e. The van der Waals surface area contributed by atoms with Gasteiger partial charge in [0.1, 0.15) is 0 Å². The third-order valence-electron chi connectivity index (χ3n) is 5.69. The monoisotopic (exact) mass is 400 g/mol. The van der Waals surface area contributed by atoms with E-state index >= 15 is 0 Å². The molecule has 0 N–H and O–H groups in total. The molecule has 0 unspecified atom stereocenters. The number of fused-ring (bicyclic) bond motifs is 3. The molecule has 2 aromatic heterocycles. The van der Waals surface area contributed by atoms with Gasteiger partial charge >= 0.3 is 0 Å². The van der Waals surface area contributed by atoms with E-state index in [1.807, 2.05) is 24.5 Å². The lowest BCUT2D eigenvalue weighted by atomic mass is 10.1. The maximum atomic E-state index is 4.05. The molecule has 0 aliphatic carbocycles. The molecule has 0 bridgehead atoms. The van der Waals surface area contributed by atoms with Crippen LogP contribution in [0.1, 0.15) is 29.2 Å². The molecule has 0 spiro atoms. The molecule has 2 nitrogen and oxygen atoms in total. The van der Waals surface area contributed by atoms with Crippen LogP contribution < -0.4 is 0 Å². The van der Waals surface area contributed by atoms with E-state index in [2.05, 4.69) is 108 Å². The molecule has 0 fully saturated rings. The Morgan fingerprint density at radius 1 is 0.613 bits per heavy atom. The van der Waals surface area contributed by atoms with E-state index in [1.54, 1.807) is 0 Å². The topological polar surface area (TPSA) is 17.8 Å². The lowest BCUT2D eigenvalue weighted by Crippen LogP contribution is -1.92. The second-order valence-electron chi connectivity index (χ2n) is 7.65. The first-order chi connectivity index (χ1) is 15.3. The van der Waals surface area contributed by atoms with Gasteiger partial charge in [0.15, 0.2) is 0 Å². The Balaban J connectivity index is 1.39. The van der Waals surface area contributed by atoms with Crippen molar-refractivity contribution in [1.29, 1.82) is 0 Å². The zero-order valence-electron chi connectivity index (χ0n) is 17.6. The van der Waals surface area contributed by atoms with Crippen LogP contribution in [-0.2, 0) is 6.54 Å². The summed E-state index contributed by atoms with van der Waals surface area (Å²) in [5.74, 6) is 0.